The van der Waals surface area contributed by atoms with Crippen molar-refractivity contribution in [2.45, 2.75) is 12.8 Å². The van der Waals surface area contributed by atoms with Crippen LogP contribution in [0.5, 0.6) is 0 Å². The number of benzene rings is 3. The van der Waals surface area contributed by atoms with Crippen molar-refractivity contribution in [1.29, 1.82) is 0 Å². The Morgan fingerprint density at radius 2 is 0.900 bits per heavy atom. The largest absolute Gasteiger partial charge is 0.330 e. The summed E-state index contributed by atoms with van der Waals surface area (Å²) in [6.45, 7) is 1.18. The summed E-state index contributed by atoms with van der Waals surface area (Å²) in [5.74, 6) is -0.465. The Morgan fingerprint density at radius 3 is 1.20 bits per heavy atom. The third kappa shape index (κ3) is 5.76. The SMILES string of the molecule is NCCc1ccc(NC(=O)c2ccc(C(=O)Nc3ccc(CCN)cc3)cc2)cc1. The van der Waals surface area contributed by atoms with Gasteiger partial charge in [0.25, 0.3) is 11.8 Å². The van der Waals surface area contributed by atoms with Gasteiger partial charge in [0.15, 0.2) is 0 Å². The van der Waals surface area contributed by atoms with Crippen LogP contribution in [0.15, 0.2) is 72.8 Å². The van der Waals surface area contributed by atoms with Gasteiger partial charge in [-0.15, -0.1) is 0 Å². The zero-order chi connectivity index (χ0) is 21.3. The predicted octanol–water partition coefficient (Wildman–Crippen LogP) is 3.19. The van der Waals surface area contributed by atoms with E-state index in [0.29, 0.717) is 35.6 Å². The van der Waals surface area contributed by atoms with Gasteiger partial charge in [-0.3, -0.25) is 9.59 Å². The number of hydrogen-bond acceptors (Lipinski definition) is 4. The van der Waals surface area contributed by atoms with Gasteiger partial charge in [0.05, 0.1) is 0 Å². The van der Waals surface area contributed by atoms with E-state index in [1.54, 1.807) is 24.3 Å². The first-order valence-electron chi connectivity index (χ1n) is 9.90. The molecule has 0 aliphatic heterocycles. The molecule has 0 atom stereocenters. The monoisotopic (exact) mass is 402 g/mol. The second-order valence-corrected chi connectivity index (χ2v) is 6.96. The summed E-state index contributed by atoms with van der Waals surface area (Å²) in [5.41, 5.74) is 15.7. The van der Waals surface area contributed by atoms with E-state index in [0.717, 1.165) is 24.0 Å². The molecule has 0 spiro atoms. The van der Waals surface area contributed by atoms with Crippen LogP contribution >= 0.6 is 0 Å². The lowest BCUT2D eigenvalue weighted by atomic mass is 10.1. The fourth-order valence-electron chi connectivity index (χ4n) is 3.02. The highest BCUT2D eigenvalue weighted by Crippen LogP contribution is 2.14. The van der Waals surface area contributed by atoms with Crippen LogP contribution in [-0.4, -0.2) is 24.9 Å². The fourth-order valence-corrected chi connectivity index (χ4v) is 3.02. The summed E-state index contributed by atoms with van der Waals surface area (Å²) in [5, 5.41) is 5.70. The number of nitrogens with two attached hydrogens (primary N) is 2. The number of anilines is 2. The Kier molecular flexibility index (Phi) is 7.32. The number of carbonyl (C=O) groups is 2. The van der Waals surface area contributed by atoms with Gasteiger partial charge in [-0.2, -0.15) is 0 Å². The summed E-state index contributed by atoms with van der Waals surface area (Å²) in [7, 11) is 0. The molecule has 0 unspecified atom stereocenters. The van der Waals surface area contributed by atoms with Crippen molar-refractivity contribution in [2.75, 3.05) is 23.7 Å². The van der Waals surface area contributed by atoms with Crippen molar-refractivity contribution in [2.24, 2.45) is 11.5 Å². The van der Waals surface area contributed by atoms with E-state index in [1.165, 1.54) is 0 Å². The summed E-state index contributed by atoms with van der Waals surface area (Å²) in [4.78, 5) is 24.9. The maximum Gasteiger partial charge on any atom is 0.255 e. The number of carbonyl (C=O) groups excluding carboxylic acids is 2. The Balaban J connectivity index is 1.59. The average molecular weight is 402 g/mol. The number of rotatable bonds is 8. The number of nitrogens with one attached hydrogen (secondary N) is 2. The Bertz CT molecular complexity index is 899. The van der Waals surface area contributed by atoms with Crippen LogP contribution < -0.4 is 22.1 Å². The smallest absolute Gasteiger partial charge is 0.255 e. The normalized spacial score (nSPS) is 10.5. The molecule has 0 aromatic heterocycles. The molecule has 0 aliphatic rings. The molecule has 6 nitrogen and oxygen atoms in total. The van der Waals surface area contributed by atoms with Gasteiger partial charge >= 0.3 is 0 Å². The zero-order valence-electron chi connectivity index (χ0n) is 16.7. The molecule has 6 heteroatoms. The van der Waals surface area contributed by atoms with Gasteiger partial charge in [0.1, 0.15) is 0 Å². The minimum atomic E-state index is -0.232. The van der Waals surface area contributed by atoms with Crippen LogP contribution in [0.1, 0.15) is 31.8 Å². The third-order valence-corrected chi connectivity index (χ3v) is 4.70. The lowest BCUT2D eigenvalue weighted by Gasteiger charge is -2.08. The van der Waals surface area contributed by atoms with E-state index in [-0.39, 0.29) is 11.8 Å². The van der Waals surface area contributed by atoms with E-state index in [9.17, 15) is 9.59 Å². The zero-order valence-corrected chi connectivity index (χ0v) is 16.7. The maximum atomic E-state index is 12.4. The maximum absolute atomic E-state index is 12.4. The van der Waals surface area contributed by atoms with Crippen molar-refractivity contribution >= 4 is 23.2 Å². The third-order valence-electron chi connectivity index (χ3n) is 4.70. The molecular weight excluding hydrogens is 376 g/mol. The van der Waals surface area contributed by atoms with E-state index < -0.39 is 0 Å². The number of amides is 2. The van der Waals surface area contributed by atoms with E-state index in [1.807, 2.05) is 48.5 Å². The molecule has 0 aliphatic carbocycles. The van der Waals surface area contributed by atoms with Crippen LogP contribution in [0.3, 0.4) is 0 Å². The van der Waals surface area contributed by atoms with Gasteiger partial charge in [0.2, 0.25) is 0 Å². The second kappa shape index (κ2) is 10.3. The fraction of sp³-hybridized carbons (Fsp3) is 0.167. The van der Waals surface area contributed by atoms with Gasteiger partial charge in [-0.25, -0.2) is 0 Å². The van der Waals surface area contributed by atoms with E-state index in [2.05, 4.69) is 10.6 Å². The molecule has 6 N–H and O–H groups in total. The van der Waals surface area contributed by atoms with Crippen molar-refractivity contribution in [3.05, 3.63) is 95.1 Å². The molecule has 2 amide bonds. The van der Waals surface area contributed by atoms with Crippen LogP contribution in [0, 0.1) is 0 Å². The lowest BCUT2D eigenvalue weighted by molar-refractivity contribution is 0.101. The van der Waals surface area contributed by atoms with Crippen molar-refractivity contribution in [3.63, 3.8) is 0 Å². The van der Waals surface area contributed by atoms with Crippen LogP contribution in [0.25, 0.3) is 0 Å². The quantitative estimate of drug-likeness (QED) is 0.464. The van der Waals surface area contributed by atoms with Gasteiger partial charge in [-0.05, 0) is 85.6 Å². The number of hydrogen-bond donors (Lipinski definition) is 4. The predicted molar refractivity (Wildman–Crippen MR) is 121 cm³/mol. The van der Waals surface area contributed by atoms with E-state index >= 15 is 0 Å². The molecule has 0 radical (unpaired) electrons. The minimum absolute atomic E-state index is 0.232. The van der Waals surface area contributed by atoms with Crippen molar-refractivity contribution < 1.29 is 9.59 Å². The summed E-state index contributed by atoms with van der Waals surface area (Å²) < 4.78 is 0. The Labute approximate surface area is 176 Å². The standard InChI is InChI=1S/C24H26N4O2/c25-15-13-17-1-9-21(10-2-17)27-23(29)19-5-7-20(8-6-19)24(30)28-22-11-3-18(4-12-22)14-16-26/h1-12H,13-16,25-26H2,(H,27,29)(H,28,30). The van der Waals surface area contributed by atoms with Gasteiger partial charge in [-0.1, -0.05) is 24.3 Å². The first kappa shape index (κ1) is 21.2. The van der Waals surface area contributed by atoms with Crippen LogP contribution in [-0.2, 0) is 12.8 Å². The lowest BCUT2D eigenvalue weighted by Crippen LogP contribution is -2.14. The molecule has 30 heavy (non-hydrogen) atoms. The minimum Gasteiger partial charge on any atom is -0.330 e. The summed E-state index contributed by atoms with van der Waals surface area (Å²) in [6.07, 6.45) is 1.60. The molecular formula is C24H26N4O2. The molecule has 0 fully saturated rings. The molecule has 3 rings (SSSR count). The van der Waals surface area contributed by atoms with Gasteiger partial charge in [0, 0.05) is 22.5 Å². The summed E-state index contributed by atoms with van der Waals surface area (Å²) >= 11 is 0. The molecule has 0 heterocycles. The molecule has 3 aromatic rings. The highest BCUT2D eigenvalue weighted by molar-refractivity contribution is 6.07. The van der Waals surface area contributed by atoms with Crippen molar-refractivity contribution in [3.8, 4) is 0 Å². The topological polar surface area (TPSA) is 110 Å². The molecule has 3 aromatic carbocycles. The highest BCUT2D eigenvalue weighted by atomic mass is 16.2. The van der Waals surface area contributed by atoms with Crippen molar-refractivity contribution in [1.82, 2.24) is 0 Å². The van der Waals surface area contributed by atoms with Crippen LogP contribution in [0.2, 0.25) is 0 Å². The molecule has 0 saturated carbocycles. The molecule has 0 bridgehead atoms. The average Bonchev–Trinajstić information content (AvgIpc) is 2.77. The van der Waals surface area contributed by atoms with Crippen LogP contribution in [0.4, 0.5) is 11.4 Å². The first-order chi connectivity index (χ1) is 14.6. The molecule has 0 saturated heterocycles. The summed E-state index contributed by atoms with van der Waals surface area (Å²) in [6, 6.07) is 21.7. The Morgan fingerprint density at radius 1 is 0.567 bits per heavy atom. The van der Waals surface area contributed by atoms with E-state index in [4.69, 9.17) is 11.5 Å². The van der Waals surface area contributed by atoms with Gasteiger partial charge < -0.3 is 22.1 Å². The second-order valence-electron chi connectivity index (χ2n) is 6.96. The first-order valence-corrected chi connectivity index (χ1v) is 9.90. The molecule has 154 valence electrons. The Hall–Kier alpha value is -3.48. The highest BCUT2D eigenvalue weighted by Gasteiger charge is 2.10.